The van der Waals surface area contributed by atoms with Gasteiger partial charge in [0.05, 0.1) is 11.4 Å². The Bertz CT molecular complexity index is 1010. The van der Waals surface area contributed by atoms with Crippen LogP contribution >= 0.6 is 23.1 Å². The van der Waals surface area contributed by atoms with E-state index in [9.17, 15) is 9.59 Å². The Labute approximate surface area is 178 Å². The minimum atomic E-state index is -0.182. The summed E-state index contributed by atoms with van der Waals surface area (Å²) in [6.07, 6.45) is 2.89. The van der Waals surface area contributed by atoms with Crippen molar-refractivity contribution in [2.75, 3.05) is 4.90 Å². The van der Waals surface area contributed by atoms with Gasteiger partial charge in [-0.15, -0.1) is 16.4 Å². The maximum atomic E-state index is 12.3. The standard InChI is InChI=1S/C20H25N5O2S2/c1-4-6-11-24-18(27)22-23-20(24)29-13-16-12-28-19(21-16)25(14(3)26)17-9-7-15(5-2)8-10-17/h7-10,12H,4-6,11,13H2,1-3H3,(H,22,27). The monoisotopic (exact) mass is 431 g/mol. The molecule has 154 valence electrons. The number of amides is 1. The summed E-state index contributed by atoms with van der Waals surface area (Å²) in [4.78, 5) is 30.4. The molecule has 0 aliphatic carbocycles. The first-order valence-electron chi connectivity index (χ1n) is 9.65. The van der Waals surface area contributed by atoms with Crippen LogP contribution in [0.1, 0.15) is 44.9 Å². The van der Waals surface area contributed by atoms with E-state index in [4.69, 9.17) is 0 Å². The van der Waals surface area contributed by atoms with Gasteiger partial charge in [-0.2, -0.15) is 0 Å². The average molecular weight is 432 g/mol. The molecule has 0 unspecified atom stereocenters. The molecule has 0 saturated heterocycles. The summed E-state index contributed by atoms with van der Waals surface area (Å²) in [5.74, 6) is 0.497. The number of nitrogens with one attached hydrogen (secondary N) is 1. The summed E-state index contributed by atoms with van der Waals surface area (Å²) >= 11 is 2.90. The Kier molecular flexibility index (Phi) is 7.27. The van der Waals surface area contributed by atoms with Crippen LogP contribution in [0.3, 0.4) is 0 Å². The molecule has 0 spiro atoms. The molecule has 0 aliphatic heterocycles. The fraction of sp³-hybridized carbons (Fsp3) is 0.400. The zero-order valence-corrected chi connectivity index (χ0v) is 18.5. The van der Waals surface area contributed by atoms with Crippen molar-refractivity contribution < 1.29 is 4.79 Å². The fourth-order valence-corrected chi connectivity index (χ4v) is 4.70. The quantitative estimate of drug-likeness (QED) is 0.509. The van der Waals surface area contributed by atoms with Gasteiger partial charge in [-0.05, 0) is 30.5 Å². The number of benzene rings is 1. The second-order valence-electron chi connectivity index (χ2n) is 6.60. The molecule has 2 aromatic heterocycles. The SMILES string of the molecule is CCCCn1c(SCc2csc(N(C(C)=O)c3ccc(CC)cc3)n2)n[nH]c1=O. The summed E-state index contributed by atoms with van der Waals surface area (Å²) in [5.41, 5.74) is 2.70. The third-order valence-corrected chi connectivity index (χ3v) is 6.34. The molecule has 0 atom stereocenters. The number of carbonyl (C=O) groups is 1. The number of carbonyl (C=O) groups excluding carboxylic acids is 1. The molecule has 0 saturated carbocycles. The molecule has 1 aromatic carbocycles. The predicted octanol–water partition coefficient (Wildman–Crippen LogP) is 4.37. The topological polar surface area (TPSA) is 83.9 Å². The number of rotatable bonds is 9. The van der Waals surface area contributed by atoms with Crippen molar-refractivity contribution in [3.8, 4) is 0 Å². The highest BCUT2D eigenvalue weighted by atomic mass is 32.2. The summed E-state index contributed by atoms with van der Waals surface area (Å²) in [7, 11) is 0. The lowest BCUT2D eigenvalue weighted by molar-refractivity contribution is -0.115. The van der Waals surface area contributed by atoms with Gasteiger partial charge in [0.25, 0.3) is 0 Å². The summed E-state index contributed by atoms with van der Waals surface area (Å²) < 4.78 is 1.67. The zero-order chi connectivity index (χ0) is 20.8. The van der Waals surface area contributed by atoms with Crippen LogP contribution in [0.15, 0.2) is 39.6 Å². The molecular weight excluding hydrogens is 406 g/mol. The molecule has 3 rings (SSSR count). The average Bonchev–Trinajstić information content (AvgIpc) is 3.32. The third kappa shape index (κ3) is 5.16. The second-order valence-corrected chi connectivity index (χ2v) is 8.38. The van der Waals surface area contributed by atoms with Gasteiger partial charge >= 0.3 is 5.69 Å². The van der Waals surface area contributed by atoms with Crippen LogP contribution < -0.4 is 10.6 Å². The van der Waals surface area contributed by atoms with Crippen LogP contribution in [-0.2, 0) is 23.5 Å². The fourth-order valence-electron chi connectivity index (χ4n) is 2.84. The zero-order valence-electron chi connectivity index (χ0n) is 16.8. The van der Waals surface area contributed by atoms with E-state index in [0.717, 1.165) is 30.6 Å². The van der Waals surface area contributed by atoms with Crippen LogP contribution in [-0.4, -0.2) is 25.7 Å². The van der Waals surface area contributed by atoms with Crippen LogP contribution in [0, 0.1) is 0 Å². The number of hydrogen-bond acceptors (Lipinski definition) is 6. The number of nitrogens with zero attached hydrogens (tertiary/aromatic N) is 4. The van der Waals surface area contributed by atoms with Crippen LogP contribution in [0.25, 0.3) is 0 Å². The lowest BCUT2D eigenvalue weighted by atomic mass is 10.1. The number of thioether (sulfide) groups is 1. The number of aromatic amines is 1. The molecule has 0 fully saturated rings. The molecule has 2 heterocycles. The first-order valence-corrected chi connectivity index (χ1v) is 11.5. The van der Waals surface area contributed by atoms with E-state index in [1.165, 1.54) is 28.7 Å². The van der Waals surface area contributed by atoms with E-state index < -0.39 is 0 Å². The van der Waals surface area contributed by atoms with Crippen LogP contribution in [0.2, 0.25) is 0 Å². The Morgan fingerprint density at radius 3 is 2.69 bits per heavy atom. The maximum absolute atomic E-state index is 12.3. The van der Waals surface area contributed by atoms with E-state index in [1.807, 2.05) is 29.6 Å². The molecule has 1 N–H and O–H groups in total. The minimum Gasteiger partial charge on any atom is -0.274 e. The van der Waals surface area contributed by atoms with Crippen LogP contribution in [0.5, 0.6) is 0 Å². The van der Waals surface area contributed by atoms with E-state index in [0.29, 0.717) is 22.6 Å². The second kappa shape index (κ2) is 9.89. The maximum Gasteiger partial charge on any atom is 0.343 e. The van der Waals surface area contributed by atoms with Crippen molar-refractivity contribution in [2.24, 2.45) is 0 Å². The Hall–Kier alpha value is -2.39. The van der Waals surface area contributed by atoms with Crippen molar-refractivity contribution in [3.63, 3.8) is 0 Å². The van der Waals surface area contributed by atoms with Gasteiger partial charge in [0.2, 0.25) is 5.91 Å². The smallest absolute Gasteiger partial charge is 0.274 e. The third-order valence-electron chi connectivity index (χ3n) is 4.46. The number of H-pyrrole nitrogens is 1. The summed E-state index contributed by atoms with van der Waals surface area (Å²) in [6, 6.07) is 7.96. The molecule has 0 bridgehead atoms. The Morgan fingerprint density at radius 2 is 2.03 bits per heavy atom. The van der Waals surface area contributed by atoms with Gasteiger partial charge in [0.15, 0.2) is 10.3 Å². The molecule has 0 radical (unpaired) electrons. The molecule has 3 aromatic rings. The van der Waals surface area contributed by atoms with Crippen molar-refractivity contribution in [3.05, 3.63) is 51.4 Å². The summed E-state index contributed by atoms with van der Waals surface area (Å²) in [6.45, 7) is 6.39. The molecule has 1 amide bonds. The van der Waals surface area contributed by atoms with Gasteiger partial charge in [-0.3, -0.25) is 14.3 Å². The number of unbranched alkanes of at least 4 members (excludes halogenated alkanes) is 1. The highest BCUT2D eigenvalue weighted by Gasteiger charge is 2.18. The van der Waals surface area contributed by atoms with E-state index in [1.54, 1.807) is 16.4 Å². The number of aromatic nitrogens is 4. The van der Waals surface area contributed by atoms with Crippen molar-refractivity contribution in [1.82, 2.24) is 19.7 Å². The highest BCUT2D eigenvalue weighted by molar-refractivity contribution is 7.98. The van der Waals surface area contributed by atoms with Gasteiger partial charge in [-0.25, -0.2) is 14.9 Å². The lowest BCUT2D eigenvalue weighted by Gasteiger charge is -2.18. The number of thiazole rings is 1. The van der Waals surface area contributed by atoms with Crippen molar-refractivity contribution in [2.45, 2.75) is 57.5 Å². The normalized spacial score (nSPS) is 11.0. The molecule has 0 aliphatic rings. The van der Waals surface area contributed by atoms with Gasteiger partial charge in [0.1, 0.15) is 0 Å². The molecule has 7 nitrogen and oxygen atoms in total. The first kappa shape index (κ1) is 21.3. The van der Waals surface area contributed by atoms with Gasteiger partial charge in [0, 0.05) is 24.6 Å². The molecular formula is C20H25N5O2S2. The van der Waals surface area contributed by atoms with E-state index in [-0.39, 0.29) is 11.6 Å². The first-order chi connectivity index (χ1) is 14.0. The minimum absolute atomic E-state index is 0.0801. The lowest BCUT2D eigenvalue weighted by Crippen LogP contribution is -2.22. The largest absolute Gasteiger partial charge is 0.343 e. The number of aryl methyl sites for hydroxylation is 1. The number of hydrogen-bond donors (Lipinski definition) is 1. The van der Waals surface area contributed by atoms with Crippen LogP contribution in [0.4, 0.5) is 10.8 Å². The molecule has 29 heavy (non-hydrogen) atoms. The Morgan fingerprint density at radius 1 is 1.28 bits per heavy atom. The summed E-state index contributed by atoms with van der Waals surface area (Å²) in [5, 5.41) is 9.88. The van der Waals surface area contributed by atoms with Crippen molar-refractivity contribution in [1.29, 1.82) is 0 Å². The van der Waals surface area contributed by atoms with Gasteiger partial charge < -0.3 is 0 Å². The number of anilines is 2. The van der Waals surface area contributed by atoms with E-state index in [2.05, 4.69) is 29.0 Å². The molecule has 9 heteroatoms. The van der Waals surface area contributed by atoms with E-state index >= 15 is 0 Å². The van der Waals surface area contributed by atoms with Gasteiger partial charge in [-0.1, -0.05) is 44.2 Å². The van der Waals surface area contributed by atoms with Crippen molar-refractivity contribution >= 4 is 39.8 Å². The predicted molar refractivity (Wildman–Crippen MR) is 118 cm³/mol. The Balaban J connectivity index is 1.73. The highest BCUT2D eigenvalue weighted by Crippen LogP contribution is 2.31.